The number of carbonyl (C=O) groups is 1. The molecule has 8 nitrogen and oxygen atoms in total. The van der Waals surface area contributed by atoms with Crippen molar-refractivity contribution in [1.29, 1.82) is 0 Å². The predicted octanol–water partition coefficient (Wildman–Crippen LogP) is 2.53. The highest BCUT2D eigenvalue weighted by atomic mass is 35.5. The fourth-order valence-electron chi connectivity index (χ4n) is 3.46. The van der Waals surface area contributed by atoms with Crippen LogP contribution in [0.3, 0.4) is 0 Å². The van der Waals surface area contributed by atoms with Crippen molar-refractivity contribution in [3.63, 3.8) is 0 Å². The zero-order chi connectivity index (χ0) is 22.5. The average Bonchev–Trinajstić information content (AvgIpc) is 2.76. The number of ether oxygens (including phenoxy) is 2. The Balaban J connectivity index is 2.31. The van der Waals surface area contributed by atoms with Gasteiger partial charge < -0.3 is 14.8 Å². The fourth-order valence-corrected chi connectivity index (χ4v) is 3.63. The molecule has 1 atom stereocenters. The van der Waals surface area contributed by atoms with Crippen LogP contribution in [0.5, 0.6) is 5.75 Å². The number of fused-ring (bicyclic) bond motifs is 1. The third kappa shape index (κ3) is 4.50. The first kappa shape index (κ1) is 22.6. The lowest BCUT2D eigenvalue weighted by atomic mass is 10.1. The van der Waals surface area contributed by atoms with E-state index in [1.807, 2.05) is 0 Å². The fraction of sp³-hybridized carbons (Fsp3) is 0.318. The van der Waals surface area contributed by atoms with Crippen molar-refractivity contribution in [3.8, 4) is 11.4 Å². The summed E-state index contributed by atoms with van der Waals surface area (Å²) in [6.45, 7) is 2.44. The number of aromatic nitrogens is 2. The maximum absolute atomic E-state index is 13.6. The van der Waals surface area contributed by atoms with Gasteiger partial charge in [-0.3, -0.25) is 14.2 Å². The molecule has 1 heterocycles. The van der Waals surface area contributed by atoms with E-state index in [2.05, 4.69) is 5.32 Å². The topological polar surface area (TPSA) is 91.6 Å². The van der Waals surface area contributed by atoms with Gasteiger partial charge in [0.1, 0.15) is 11.8 Å². The van der Waals surface area contributed by atoms with Crippen molar-refractivity contribution < 1.29 is 14.3 Å². The second-order valence-electron chi connectivity index (χ2n) is 6.86. The molecule has 0 radical (unpaired) electrons. The molecule has 1 aromatic heterocycles. The van der Waals surface area contributed by atoms with E-state index in [9.17, 15) is 14.4 Å². The van der Waals surface area contributed by atoms with Crippen molar-refractivity contribution in [2.75, 3.05) is 27.4 Å². The van der Waals surface area contributed by atoms with E-state index in [-0.39, 0.29) is 11.3 Å². The number of methoxy groups -OCH3 is 2. The lowest BCUT2D eigenvalue weighted by molar-refractivity contribution is -0.124. The van der Waals surface area contributed by atoms with Gasteiger partial charge in [0.15, 0.2) is 0 Å². The Morgan fingerprint density at radius 1 is 1.16 bits per heavy atom. The summed E-state index contributed by atoms with van der Waals surface area (Å²) in [4.78, 5) is 39.7. The van der Waals surface area contributed by atoms with Crippen LogP contribution in [0.15, 0.2) is 52.1 Å². The zero-order valence-electron chi connectivity index (χ0n) is 17.6. The van der Waals surface area contributed by atoms with Gasteiger partial charge in [0, 0.05) is 24.7 Å². The van der Waals surface area contributed by atoms with E-state index < -0.39 is 17.3 Å². The van der Waals surface area contributed by atoms with Crippen molar-refractivity contribution in [2.24, 2.45) is 0 Å². The van der Waals surface area contributed by atoms with Crippen LogP contribution in [0.2, 0.25) is 5.02 Å². The summed E-state index contributed by atoms with van der Waals surface area (Å²) < 4.78 is 12.6. The van der Waals surface area contributed by atoms with Crippen LogP contribution in [-0.2, 0) is 9.53 Å². The van der Waals surface area contributed by atoms with Crippen LogP contribution in [0.25, 0.3) is 16.6 Å². The predicted molar refractivity (Wildman–Crippen MR) is 120 cm³/mol. The maximum atomic E-state index is 13.6. The lowest BCUT2D eigenvalue weighted by Gasteiger charge is -2.22. The lowest BCUT2D eigenvalue weighted by Crippen LogP contribution is -2.44. The minimum Gasteiger partial charge on any atom is -0.497 e. The number of hydrogen-bond donors (Lipinski definition) is 1. The van der Waals surface area contributed by atoms with Gasteiger partial charge in [-0.25, -0.2) is 9.36 Å². The van der Waals surface area contributed by atoms with Gasteiger partial charge in [-0.1, -0.05) is 24.6 Å². The Kier molecular flexibility index (Phi) is 7.14. The number of hydrogen-bond acceptors (Lipinski definition) is 5. The van der Waals surface area contributed by atoms with Crippen molar-refractivity contribution in [2.45, 2.75) is 19.4 Å². The zero-order valence-corrected chi connectivity index (χ0v) is 18.3. The number of carbonyl (C=O) groups excluding carboxylic acids is 1. The summed E-state index contributed by atoms with van der Waals surface area (Å²) in [6.07, 6.45) is 0.330. The van der Waals surface area contributed by atoms with E-state index in [1.54, 1.807) is 43.3 Å². The minimum absolute atomic E-state index is 0.273. The van der Waals surface area contributed by atoms with Gasteiger partial charge in [-0.2, -0.15) is 0 Å². The van der Waals surface area contributed by atoms with Crippen LogP contribution in [0.4, 0.5) is 0 Å². The van der Waals surface area contributed by atoms with Gasteiger partial charge >= 0.3 is 5.69 Å². The maximum Gasteiger partial charge on any atom is 0.336 e. The molecular formula is C22H24ClN3O5. The molecule has 2 aromatic carbocycles. The number of nitrogens with zero attached hydrogens (tertiary/aromatic N) is 2. The molecule has 1 N–H and O–H groups in total. The van der Waals surface area contributed by atoms with Crippen LogP contribution >= 0.6 is 11.6 Å². The molecule has 3 rings (SSSR count). The van der Waals surface area contributed by atoms with Gasteiger partial charge in [0.2, 0.25) is 5.91 Å². The SMILES string of the molecule is CC[C@@H](C(=O)NCCOC)n1c(=O)n(-c2cccc(OC)c2)c(=O)c2ccc(Cl)cc21. The number of nitrogens with one attached hydrogen (secondary N) is 1. The standard InChI is InChI=1S/C22H24ClN3O5/c1-4-18(20(27)24-10-11-30-2)26-19-12-14(23)8-9-17(19)21(28)25(22(26)29)15-6-5-7-16(13-15)31-3/h5-9,12-13,18H,4,10-11H2,1-3H3,(H,24,27)/t18-/m0/s1. The number of benzene rings is 2. The van der Waals surface area contributed by atoms with E-state index in [4.69, 9.17) is 21.1 Å². The van der Waals surface area contributed by atoms with Gasteiger partial charge in [0.05, 0.1) is 30.3 Å². The molecule has 31 heavy (non-hydrogen) atoms. The highest BCUT2D eigenvalue weighted by molar-refractivity contribution is 6.31. The Hall–Kier alpha value is -3.10. The number of halogens is 1. The van der Waals surface area contributed by atoms with E-state index in [1.165, 1.54) is 24.9 Å². The first-order chi connectivity index (χ1) is 14.9. The Bertz CT molecular complexity index is 1220. The Morgan fingerprint density at radius 3 is 2.61 bits per heavy atom. The quantitative estimate of drug-likeness (QED) is 0.538. The molecule has 0 fully saturated rings. The second-order valence-corrected chi connectivity index (χ2v) is 7.30. The molecule has 164 valence electrons. The third-order valence-electron chi connectivity index (χ3n) is 4.97. The normalized spacial score (nSPS) is 12.0. The number of rotatable bonds is 8. The summed E-state index contributed by atoms with van der Waals surface area (Å²) in [5.41, 5.74) is -0.498. The summed E-state index contributed by atoms with van der Waals surface area (Å²) in [6, 6.07) is 10.4. The Morgan fingerprint density at radius 2 is 1.94 bits per heavy atom. The molecule has 3 aromatic rings. The smallest absolute Gasteiger partial charge is 0.336 e. The molecule has 0 aliphatic heterocycles. The largest absolute Gasteiger partial charge is 0.497 e. The molecule has 0 spiro atoms. The first-order valence-electron chi connectivity index (χ1n) is 9.80. The molecule has 1 amide bonds. The van der Waals surface area contributed by atoms with E-state index >= 15 is 0 Å². The monoisotopic (exact) mass is 445 g/mol. The molecular weight excluding hydrogens is 422 g/mol. The van der Waals surface area contributed by atoms with Gasteiger partial charge in [-0.15, -0.1) is 0 Å². The van der Waals surface area contributed by atoms with Crippen LogP contribution in [0.1, 0.15) is 19.4 Å². The summed E-state index contributed by atoms with van der Waals surface area (Å²) in [7, 11) is 3.04. The van der Waals surface area contributed by atoms with Crippen molar-refractivity contribution >= 4 is 28.4 Å². The Labute approximate surface area is 184 Å². The average molecular weight is 446 g/mol. The summed E-state index contributed by atoms with van der Waals surface area (Å²) >= 11 is 6.16. The van der Waals surface area contributed by atoms with Crippen LogP contribution in [0, 0.1) is 0 Å². The highest BCUT2D eigenvalue weighted by Gasteiger charge is 2.25. The highest BCUT2D eigenvalue weighted by Crippen LogP contribution is 2.22. The molecule has 9 heteroatoms. The minimum atomic E-state index is -0.845. The number of amides is 1. The van der Waals surface area contributed by atoms with E-state index in [0.717, 1.165) is 4.57 Å². The van der Waals surface area contributed by atoms with Crippen molar-refractivity contribution in [1.82, 2.24) is 14.5 Å². The molecule has 0 aliphatic carbocycles. The first-order valence-corrected chi connectivity index (χ1v) is 10.2. The molecule has 0 aliphatic rings. The molecule has 0 saturated carbocycles. The van der Waals surface area contributed by atoms with Crippen molar-refractivity contribution in [3.05, 3.63) is 68.3 Å². The second kappa shape index (κ2) is 9.80. The molecule has 0 unspecified atom stereocenters. The molecule has 0 bridgehead atoms. The molecule has 0 saturated heterocycles. The van der Waals surface area contributed by atoms with E-state index in [0.29, 0.717) is 41.5 Å². The van der Waals surface area contributed by atoms with Crippen LogP contribution < -0.4 is 21.3 Å². The third-order valence-corrected chi connectivity index (χ3v) is 5.20. The summed E-state index contributed by atoms with van der Waals surface area (Å²) in [5, 5.41) is 3.40. The van der Waals surface area contributed by atoms with Gasteiger partial charge in [0.25, 0.3) is 5.56 Å². The van der Waals surface area contributed by atoms with Crippen LogP contribution in [-0.4, -0.2) is 42.4 Å². The van der Waals surface area contributed by atoms with Gasteiger partial charge in [-0.05, 0) is 36.8 Å². The summed E-state index contributed by atoms with van der Waals surface area (Å²) in [5.74, 6) is 0.148.